The van der Waals surface area contributed by atoms with Crippen molar-refractivity contribution >= 4 is 29.3 Å². The van der Waals surface area contributed by atoms with Crippen molar-refractivity contribution in [1.82, 2.24) is 9.80 Å². The summed E-state index contributed by atoms with van der Waals surface area (Å²) in [4.78, 5) is 32.3. The highest BCUT2D eigenvalue weighted by molar-refractivity contribution is 7.99. The van der Waals surface area contributed by atoms with E-state index in [1.54, 1.807) is 23.8 Å². The maximum absolute atomic E-state index is 13.2. The molecular weight excluding hydrogens is 398 g/mol. The second-order valence-electron chi connectivity index (χ2n) is 7.62. The molecule has 2 aliphatic heterocycles. The molecule has 0 radical (unpaired) electrons. The first-order valence-electron chi connectivity index (χ1n) is 10.2. The second kappa shape index (κ2) is 9.00. The van der Waals surface area contributed by atoms with Gasteiger partial charge in [-0.3, -0.25) is 9.59 Å². The number of methoxy groups -OCH3 is 1. The molecule has 30 heavy (non-hydrogen) atoms. The molecule has 2 aromatic carbocycles. The fourth-order valence-electron chi connectivity index (χ4n) is 4.00. The number of hydrogen-bond donors (Lipinski definition) is 0. The Hall–Kier alpha value is -2.67. The van der Waals surface area contributed by atoms with E-state index in [-0.39, 0.29) is 17.9 Å². The first kappa shape index (κ1) is 20.6. The standard InChI is InChI=1S/C23H27N3O3S/c1-17-5-3-4-6-20(17)22(27)26-16-30-15-21(26)23(28)25-13-11-24(12-14-25)18-7-9-19(29-2)10-8-18/h3-10,21H,11-16H2,1-2H3/t21-/m1/s1. The zero-order valence-electron chi connectivity index (χ0n) is 17.4. The lowest BCUT2D eigenvalue weighted by atomic mass is 10.1. The number of piperazine rings is 1. The SMILES string of the molecule is COc1ccc(N2CCN(C(=O)[C@H]3CSCN3C(=O)c3ccccc3C)CC2)cc1. The molecule has 2 amide bonds. The molecule has 6 nitrogen and oxygen atoms in total. The molecular formula is C23H27N3O3S. The summed E-state index contributed by atoms with van der Waals surface area (Å²) in [7, 11) is 1.66. The summed E-state index contributed by atoms with van der Waals surface area (Å²) in [6, 6.07) is 15.2. The van der Waals surface area contributed by atoms with Gasteiger partial charge in [0.05, 0.1) is 13.0 Å². The van der Waals surface area contributed by atoms with E-state index in [1.807, 2.05) is 60.4 Å². The number of amides is 2. The van der Waals surface area contributed by atoms with Crippen molar-refractivity contribution in [2.24, 2.45) is 0 Å². The van der Waals surface area contributed by atoms with Crippen LogP contribution in [0.1, 0.15) is 15.9 Å². The monoisotopic (exact) mass is 425 g/mol. The number of carbonyl (C=O) groups excluding carboxylic acids is 2. The van der Waals surface area contributed by atoms with E-state index in [0.29, 0.717) is 30.3 Å². The molecule has 4 rings (SSSR count). The molecule has 0 spiro atoms. The van der Waals surface area contributed by atoms with Crippen molar-refractivity contribution in [3.05, 3.63) is 59.7 Å². The third-order valence-corrected chi connectivity index (χ3v) is 6.84. The summed E-state index contributed by atoms with van der Waals surface area (Å²) in [6.07, 6.45) is 0. The number of anilines is 1. The van der Waals surface area contributed by atoms with Crippen molar-refractivity contribution in [3.8, 4) is 5.75 Å². The van der Waals surface area contributed by atoms with E-state index in [4.69, 9.17) is 4.74 Å². The minimum atomic E-state index is -0.380. The van der Waals surface area contributed by atoms with Crippen LogP contribution in [0.5, 0.6) is 5.75 Å². The van der Waals surface area contributed by atoms with Gasteiger partial charge >= 0.3 is 0 Å². The summed E-state index contributed by atoms with van der Waals surface area (Å²) in [5.74, 6) is 2.08. The summed E-state index contributed by atoms with van der Waals surface area (Å²) < 4.78 is 5.23. The third-order valence-electron chi connectivity index (χ3n) is 5.83. The van der Waals surface area contributed by atoms with Crippen molar-refractivity contribution in [2.45, 2.75) is 13.0 Å². The van der Waals surface area contributed by atoms with Gasteiger partial charge in [-0.05, 0) is 42.8 Å². The van der Waals surface area contributed by atoms with Crippen LogP contribution >= 0.6 is 11.8 Å². The maximum Gasteiger partial charge on any atom is 0.255 e. The number of aryl methyl sites for hydroxylation is 1. The Morgan fingerprint density at radius 1 is 1.00 bits per heavy atom. The summed E-state index contributed by atoms with van der Waals surface area (Å²) in [5.41, 5.74) is 2.76. The lowest BCUT2D eigenvalue weighted by Gasteiger charge is -2.38. The van der Waals surface area contributed by atoms with Crippen LogP contribution in [0.4, 0.5) is 5.69 Å². The Kier molecular flexibility index (Phi) is 6.18. The molecule has 2 heterocycles. The average Bonchev–Trinajstić information content (AvgIpc) is 3.28. The Labute approximate surface area is 181 Å². The number of rotatable bonds is 4. The third kappa shape index (κ3) is 4.12. The van der Waals surface area contributed by atoms with Crippen LogP contribution < -0.4 is 9.64 Å². The van der Waals surface area contributed by atoms with E-state index < -0.39 is 0 Å². The van der Waals surface area contributed by atoms with Gasteiger partial charge in [-0.25, -0.2) is 0 Å². The van der Waals surface area contributed by atoms with Crippen LogP contribution in [-0.4, -0.2) is 72.6 Å². The van der Waals surface area contributed by atoms with Crippen LogP contribution in [0, 0.1) is 6.92 Å². The number of nitrogens with zero attached hydrogens (tertiary/aromatic N) is 3. The van der Waals surface area contributed by atoms with E-state index in [0.717, 1.165) is 30.1 Å². The van der Waals surface area contributed by atoms with Gasteiger partial charge in [0.25, 0.3) is 5.91 Å². The Balaban J connectivity index is 1.39. The second-order valence-corrected chi connectivity index (χ2v) is 8.62. The number of carbonyl (C=O) groups is 2. The number of hydrogen-bond acceptors (Lipinski definition) is 5. The highest BCUT2D eigenvalue weighted by atomic mass is 32.2. The average molecular weight is 426 g/mol. The van der Waals surface area contributed by atoms with Crippen LogP contribution in [0.2, 0.25) is 0 Å². The summed E-state index contributed by atoms with van der Waals surface area (Å²) >= 11 is 1.65. The fraction of sp³-hybridized carbons (Fsp3) is 0.391. The first-order chi connectivity index (χ1) is 14.6. The fourth-order valence-corrected chi connectivity index (χ4v) is 5.15. The number of benzene rings is 2. The molecule has 0 N–H and O–H groups in total. The molecule has 2 saturated heterocycles. The Morgan fingerprint density at radius 3 is 2.37 bits per heavy atom. The summed E-state index contributed by atoms with van der Waals surface area (Å²) in [6.45, 7) is 4.83. The predicted octanol–water partition coefficient (Wildman–Crippen LogP) is 2.87. The molecule has 0 aromatic heterocycles. The molecule has 7 heteroatoms. The van der Waals surface area contributed by atoms with E-state index in [2.05, 4.69) is 4.90 Å². The smallest absolute Gasteiger partial charge is 0.255 e. The molecule has 0 bridgehead atoms. The maximum atomic E-state index is 13.2. The van der Waals surface area contributed by atoms with E-state index >= 15 is 0 Å². The van der Waals surface area contributed by atoms with Gasteiger partial charge in [-0.2, -0.15) is 0 Å². The number of thioether (sulfide) groups is 1. The minimum Gasteiger partial charge on any atom is -0.497 e. The highest BCUT2D eigenvalue weighted by Crippen LogP contribution is 2.27. The quantitative estimate of drug-likeness (QED) is 0.754. The van der Waals surface area contributed by atoms with Gasteiger partial charge in [-0.15, -0.1) is 11.8 Å². The van der Waals surface area contributed by atoms with Gasteiger partial charge in [0.1, 0.15) is 11.8 Å². The summed E-state index contributed by atoms with van der Waals surface area (Å²) in [5, 5.41) is 0. The zero-order chi connectivity index (χ0) is 21.1. The van der Waals surface area contributed by atoms with Crippen molar-refractivity contribution in [2.75, 3.05) is 49.8 Å². The number of ether oxygens (including phenoxy) is 1. The molecule has 0 saturated carbocycles. The molecule has 1 atom stereocenters. The van der Waals surface area contributed by atoms with Gasteiger partial charge in [0, 0.05) is 43.2 Å². The first-order valence-corrected chi connectivity index (χ1v) is 11.4. The lowest BCUT2D eigenvalue weighted by Crippen LogP contribution is -2.55. The minimum absolute atomic E-state index is 0.0479. The molecule has 2 aromatic rings. The van der Waals surface area contributed by atoms with Crippen molar-refractivity contribution in [3.63, 3.8) is 0 Å². The van der Waals surface area contributed by atoms with Crippen LogP contribution in [0.25, 0.3) is 0 Å². The predicted molar refractivity (Wildman–Crippen MR) is 120 cm³/mol. The largest absolute Gasteiger partial charge is 0.497 e. The highest BCUT2D eigenvalue weighted by Gasteiger charge is 2.38. The van der Waals surface area contributed by atoms with Gasteiger partial charge < -0.3 is 19.4 Å². The van der Waals surface area contributed by atoms with Crippen LogP contribution in [-0.2, 0) is 4.79 Å². The van der Waals surface area contributed by atoms with Crippen LogP contribution in [0.15, 0.2) is 48.5 Å². The van der Waals surface area contributed by atoms with E-state index in [1.165, 1.54) is 0 Å². The molecule has 2 aliphatic rings. The van der Waals surface area contributed by atoms with Crippen molar-refractivity contribution < 1.29 is 14.3 Å². The molecule has 0 aliphatic carbocycles. The van der Waals surface area contributed by atoms with E-state index in [9.17, 15) is 9.59 Å². The molecule has 0 unspecified atom stereocenters. The van der Waals surface area contributed by atoms with Gasteiger partial charge in [0.2, 0.25) is 5.91 Å². The Morgan fingerprint density at radius 2 is 1.70 bits per heavy atom. The lowest BCUT2D eigenvalue weighted by molar-refractivity contribution is -0.135. The van der Waals surface area contributed by atoms with Gasteiger partial charge in [-0.1, -0.05) is 18.2 Å². The van der Waals surface area contributed by atoms with Gasteiger partial charge in [0.15, 0.2) is 0 Å². The Bertz CT molecular complexity index is 910. The normalized spacial score (nSPS) is 19.1. The molecule has 158 valence electrons. The zero-order valence-corrected chi connectivity index (χ0v) is 18.2. The molecule has 2 fully saturated rings. The van der Waals surface area contributed by atoms with Crippen LogP contribution in [0.3, 0.4) is 0 Å². The van der Waals surface area contributed by atoms with Crippen molar-refractivity contribution in [1.29, 1.82) is 0 Å². The topological polar surface area (TPSA) is 53.1 Å².